The summed E-state index contributed by atoms with van der Waals surface area (Å²) in [5.74, 6) is 0. The fourth-order valence-electron chi connectivity index (χ4n) is 0. The van der Waals surface area contributed by atoms with Crippen LogP contribution in [0.5, 0.6) is 0 Å². The van der Waals surface area contributed by atoms with Gasteiger partial charge in [-0.25, -0.2) is 0 Å². The first-order valence-electron chi connectivity index (χ1n) is 0.724. The maximum atomic E-state index is 7.32. The van der Waals surface area contributed by atoms with Crippen LogP contribution in [-0.4, -0.2) is 0 Å². The number of hydrogen-bond donors (Lipinski definition) is 0. The molecule has 0 aromatic carbocycles. The van der Waals surface area contributed by atoms with Crippen molar-refractivity contribution in [1.82, 2.24) is 0 Å². The fourth-order valence-corrected chi connectivity index (χ4v) is 0. The van der Waals surface area contributed by atoms with E-state index in [1.54, 1.807) is 6.07 Å². The van der Waals surface area contributed by atoms with E-state index in [-0.39, 0.29) is 21.1 Å². The van der Waals surface area contributed by atoms with E-state index < -0.39 is 0 Å². The summed E-state index contributed by atoms with van der Waals surface area (Å²) in [5.41, 5.74) is 0. The molecule has 0 rings (SSSR count). The minimum Gasteiger partial charge on any atom is -0.199 e. The van der Waals surface area contributed by atoms with Gasteiger partial charge in [0.2, 0.25) is 0 Å². The monoisotopic (exact) mass is 236 g/mol. The molecule has 0 fully saturated rings. The molecule has 0 amide bonds. The van der Waals surface area contributed by atoms with Crippen molar-refractivity contribution in [2.75, 3.05) is 0 Å². The van der Waals surface area contributed by atoms with E-state index in [1.165, 1.54) is 6.92 Å². The largest absolute Gasteiger partial charge is 0.199 e. The van der Waals surface area contributed by atoms with Crippen molar-refractivity contribution >= 4 is 0 Å². The van der Waals surface area contributed by atoms with Crippen LogP contribution in [0.2, 0.25) is 0 Å². The number of nitrogens with zero attached hydrogens (tertiary/aromatic N) is 1. The van der Waals surface area contributed by atoms with Gasteiger partial charge >= 0.3 is 0 Å². The van der Waals surface area contributed by atoms with Crippen molar-refractivity contribution in [3.8, 4) is 6.07 Å². The summed E-state index contributed by atoms with van der Waals surface area (Å²) in [4.78, 5) is 0. The molecule has 2 heteroatoms. The van der Waals surface area contributed by atoms with Crippen LogP contribution in [0.25, 0.3) is 0 Å². The molecule has 0 radical (unpaired) electrons. The standard InChI is InChI=1S/C2H3N.Pt/c1-2-3;/h1H3;. The Morgan fingerprint density at radius 2 is 1.75 bits per heavy atom. The van der Waals surface area contributed by atoms with Crippen molar-refractivity contribution in [3.63, 3.8) is 0 Å². The van der Waals surface area contributed by atoms with Crippen LogP contribution in [0.15, 0.2) is 0 Å². The molecule has 0 aromatic heterocycles. The van der Waals surface area contributed by atoms with E-state index in [1.807, 2.05) is 0 Å². The van der Waals surface area contributed by atoms with E-state index >= 15 is 0 Å². The second kappa shape index (κ2) is 10.9. The zero-order valence-electron chi connectivity index (χ0n) is 2.26. The molecule has 0 aliphatic rings. The van der Waals surface area contributed by atoms with Crippen LogP contribution in [-0.2, 0) is 21.1 Å². The van der Waals surface area contributed by atoms with Crippen LogP contribution < -0.4 is 0 Å². The average molecular weight is 236 g/mol. The molecular formula is C2H3NPt. The SMILES string of the molecule is CC#N.[Pt]. The second-order valence-electron chi connectivity index (χ2n) is 0.224. The molecule has 0 bridgehead atoms. The van der Waals surface area contributed by atoms with Gasteiger partial charge < -0.3 is 0 Å². The molecule has 0 aromatic rings. The Labute approximate surface area is 39.9 Å². The molecular weight excluding hydrogens is 233 g/mol. The van der Waals surface area contributed by atoms with E-state index in [0.29, 0.717) is 0 Å². The number of nitriles is 1. The van der Waals surface area contributed by atoms with Crippen molar-refractivity contribution in [1.29, 1.82) is 5.26 Å². The first kappa shape index (κ1) is 8.90. The fraction of sp³-hybridized carbons (Fsp3) is 0.500. The topological polar surface area (TPSA) is 23.8 Å². The second-order valence-corrected chi connectivity index (χ2v) is 0.224. The number of rotatable bonds is 0. The molecule has 0 aliphatic carbocycles. The summed E-state index contributed by atoms with van der Waals surface area (Å²) in [6, 6.07) is 1.75. The quantitative estimate of drug-likeness (QED) is 0.601. The first-order chi connectivity index (χ1) is 1.41. The zero-order chi connectivity index (χ0) is 2.71. The summed E-state index contributed by atoms with van der Waals surface area (Å²) < 4.78 is 0. The Morgan fingerprint density at radius 3 is 1.75 bits per heavy atom. The van der Waals surface area contributed by atoms with Gasteiger partial charge in [-0.3, -0.25) is 0 Å². The van der Waals surface area contributed by atoms with Gasteiger partial charge in [0, 0.05) is 28.0 Å². The van der Waals surface area contributed by atoms with E-state index in [2.05, 4.69) is 0 Å². The van der Waals surface area contributed by atoms with Crippen LogP contribution >= 0.6 is 0 Å². The summed E-state index contributed by atoms with van der Waals surface area (Å²) >= 11 is 0. The summed E-state index contributed by atoms with van der Waals surface area (Å²) in [6.45, 7) is 1.43. The smallest absolute Gasteiger partial charge is 0.0587 e. The van der Waals surface area contributed by atoms with Crippen molar-refractivity contribution in [2.45, 2.75) is 6.92 Å². The van der Waals surface area contributed by atoms with Gasteiger partial charge in [0.05, 0.1) is 6.07 Å². The Balaban J connectivity index is 0. The van der Waals surface area contributed by atoms with Crippen LogP contribution in [0.3, 0.4) is 0 Å². The number of hydrogen-bond acceptors (Lipinski definition) is 1. The molecule has 0 unspecified atom stereocenters. The molecule has 0 N–H and O–H groups in total. The van der Waals surface area contributed by atoms with E-state index in [9.17, 15) is 0 Å². The van der Waals surface area contributed by atoms with Gasteiger partial charge in [-0.05, 0) is 0 Å². The van der Waals surface area contributed by atoms with Crippen molar-refractivity contribution in [3.05, 3.63) is 0 Å². The van der Waals surface area contributed by atoms with Crippen LogP contribution in [0.1, 0.15) is 6.92 Å². The van der Waals surface area contributed by atoms with E-state index in [4.69, 9.17) is 5.26 Å². The van der Waals surface area contributed by atoms with Crippen LogP contribution in [0, 0.1) is 11.3 Å². The molecule has 4 heavy (non-hydrogen) atoms. The Morgan fingerprint density at radius 1 is 1.75 bits per heavy atom. The molecule has 0 heterocycles. The maximum Gasteiger partial charge on any atom is 0.0587 e. The Bertz CT molecular complexity index is 27.5. The average Bonchev–Trinajstić information content (AvgIpc) is 0.918. The molecule has 1 nitrogen and oxygen atoms in total. The minimum atomic E-state index is 0. The van der Waals surface area contributed by atoms with Crippen LogP contribution in [0.4, 0.5) is 0 Å². The third kappa shape index (κ3) is 95.1. The van der Waals surface area contributed by atoms with Gasteiger partial charge in [0.1, 0.15) is 0 Å². The van der Waals surface area contributed by atoms with Gasteiger partial charge in [-0.15, -0.1) is 0 Å². The predicted molar refractivity (Wildman–Crippen MR) is 11.3 cm³/mol. The normalized spacial score (nSPS) is 2.00. The molecule has 0 aliphatic heterocycles. The molecule has 26 valence electrons. The minimum absolute atomic E-state index is 0. The summed E-state index contributed by atoms with van der Waals surface area (Å²) in [5, 5.41) is 7.32. The van der Waals surface area contributed by atoms with Gasteiger partial charge in [-0.2, -0.15) is 5.26 Å². The van der Waals surface area contributed by atoms with Gasteiger partial charge in [-0.1, -0.05) is 0 Å². The Kier molecular flexibility index (Phi) is 24.2. The molecule has 0 saturated heterocycles. The van der Waals surface area contributed by atoms with E-state index in [0.717, 1.165) is 0 Å². The molecule has 0 spiro atoms. The zero-order valence-corrected chi connectivity index (χ0v) is 4.54. The van der Waals surface area contributed by atoms with Gasteiger partial charge in [0.15, 0.2) is 0 Å². The summed E-state index contributed by atoms with van der Waals surface area (Å²) in [6.07, 6.45) is 0. The van der Waals surface area contributed by atoms with Gasteiger partial charge in [0.25, 0.3) is 0 Å². The summed E-state index contributed by atoms with van der Waals surface area (Å²) in [7, 11) is 0. The predicted octanol–water partition coefficient (Wildman–Crippen LogP) is 0.527. The maximum absolute atomic E-state index is 7.32. The first-order valence-corrected chi connectivity index (χ1v) is 0.724. The third-order valence-electron chi connectivity index (χ3n) is 0. The third-order valence-corrected chi connectivity index (χ3v) is 0. The van der Waals surface area contributed by atoms with Crippen molar-refractivity contribution < 1.29 is 21.1 Å². The van der Waals surface area contributed by atoms with Crippen molar-refractivity contribution in [2.24, 2.45) is 0 Å². The Hall–Kier alpha value is 0.178. The molecule has 0 saturated carbocycles. The molecule has 0 atom stereocenters.